The molecule has 3 aliphatic rings. The van der Waals surface area contributed by atoms with Gasteiger partial charge < -0.3 is 9.32 Å². The van der Waals surface area contributed by atoms with Crippen LogP contribution in [0.3, 0.4) is 0 Å². The Morgan fingerprint density at radius 2 is 1.60 bits per heavy atom. The molecule has 2 aromatic rings. The van der Waals surface area contributed by atoms with Crippen LogP contribution in [0.4, 0.5) is 0 Å². The Bertz CT molecular complexity index is 954. The average molecular weight is 358 g/mol. The molecule has 1 aliphatic carbocycles. The maximum absolute atomic E-state index is 12.2. The van der Waals surface area contributed by atoms with Crippen LogP contribution in [0.15, 0.2) is 38.0 Å². The van der Waals surface area contributed by atoms with Crippen LogP contribution in [0.25, 0.3) is 0 Å². The highest BCUT2D eigenvalue weighted by atomic mass is 32.2. The monoisotopic (exact) mass is 358 g/mol. The predicted molar refractivity (Wildman–Crippen MR) is 90.0 cm³/mol. The van der Waals surface area contributed by atoms with Crippen LogP contribution in [-0.4, -0.2) is 42.4 Å². The van der Waals surface area contributed by atoms with Gasteiger partial charge in [-0.05, 0) is 37.8 Å². The Kier molecular flexibility index (Phi) is 3.25. The molecule has 0 spiro atoms. The Morgan fingerprint density at radius 3 is 2.28 bits per heavy atom. The summed E-state index contributed by atoms with van der Waals surface area (Å²) in [5.41, 5.74) is 0.703. The van der Waals surface area contributed by atoms with E-state index in [-0.39, 0.29) is 5.92 Å². The Morgan fingerprint density at radius 1 is 0.960 bits per heavy atom. The summed E-state index contributed by atoms with van der Waals surface area (Å²) in [7, 11) is -3.56. The number of rotatable bonds is 2. The lowest BCUT2D eigenvalue weighted by Gasteiger charge is -2.31. The van der Waals surface area contributed by atoms with Gasteiger partial charge in [0.15, 0.2) is 5.84 Å². The molecular weight excluding hydrogens is 340 g/mol. The van der Waals surface area contributed by atoms with Gasteiger partial charge in [0.2, 0.25) is 11.8 Å². The Balaban J connectivity index is 1.33. The number of hydrogen-bond acceptors (Lipinski definition) is 6. The molecule has 25 heavy (non-hydrogen) atoms. The van der Waals surface area contributed by atoms with Crippen LogP contribution in [0.1, 0.15) is 54.9 Å². The van der Waals surface area contributed by atoms with Crippen LogP contribution in [0, 0.1) is 0 Å². The van der Waals surface area contributed by atoms with Gasteiger partial charge in [-0.1, -0.05) is 12.1 Å². The summed E-state index contributed by atoms with van der Waals surface area (Å²) in [6, 6.07) is 7.02. The number of hydrogen-bond donors (Lipinski definition) is 0. The zero-order valence-electron chi connectivity index (χ0n) is 13.6. The minimum absolute atomic E-state index is 0.241. The fraction of sp³-hybridized carbons (Fsp3) is 0.471. The van der Waals surface area contributed by atoms with E-state index in [0.717, 1.165) is 50.6 Å². The second-order valence-corrected chi connectivity index (χ2v) is 8.47. The zero-order chi connectivity index (χ0) is 17.0. The molecule has 1 aromatic heterocycles. The molecule has 2 aliphatic heterocycles. The van der Waals surface area contributed by atoms with E-state index in [2.05, 4.69) is 19.5 Å². The van der Waals surface area contributed by atoms with Crippen LogP contribution in [0.2, 0.25) is 0 Å². The van der Waals surface area contributed by atoms with Gasteiger partial charge in [-0.3, -0.25) is 0 Å². The van der Waals surface area contributed by atoms with Crippen molar-refractivity contribution in [3.8, 4) is 0 Å². The summed E-state index contributed by atoms with van der Waals surface area (Å²) < 4.78 is 34.3. The first-order chi connectivity index (χ1) is 12.1. The number of amidine groups is 1. The molecule has 1 saturated heterocycles. The van der Waals surface area contributed by atoms with Crippen molar-refractivity contribution in [3.05, 3.63) is 41.6 Å². The van der Waals surface area contributed by atoms with Crippen LogP contribution >= 0.6 is 0 Å². The van der Waals surface area contributed by atoms with E-state index in [1.54, 1.807) is 12.1 Å². The third-order valence-corrected chi connectivity index (χ3v) is 6.46. The van der Waals surface area contributed by atoms with E-state index >= 15 is 0 Å². The van der Waals surface area contributed by atoms with Crippen LogP contribution < -0.4 is 0 Å². The summed E-state index contributed by atoms with van der Waals surface area (Å²) >= 11 is 0. The number of likely N-dealkylation sites (tertiary alicyclic amines) is 1. The van der Waals surface area contributed by atoms with Crippen LogP contribution in [0.5, 0.6) is 0 Å². The van der Waals surface area contributed by atoms with Gasteiger partial charge in [0.25, 0.3) is 10.0 Å². The lowest BCUT2D eigenvalue weighted by Crippen LogP contribution is -2.37. The summed E-state index contributed by atoms with van der Waals surface area (Å²) in [4.78, 5) is 2.36. The molecule has 0 atom stereocenters. The van der Waals surface area contributed by atoms with Gasteiger partial charge in [-0.15, -0.1) is 14.6 Å². The van der Waals surface area contributed by atoms with E-state index in [9.17, 15) is 8.42 Å². The molecule has 2 fully saturated rings. The standard InChI is InChI=1S/C17H18N4O3S/c22-25(23)14-4-2-1-3-13(14)15(20-25)21-9-7-12(8-10-21)17-19-18-16(24-17)11-5-6-11/h1-4,11-12H,5-10H2. The highest BCUT2D eigenvalue weighted by molar-refractivity contribution is 7.90. The maximum Gasteiger partial charge on any atom is 0.285 e. The second-order valence-electron chi connectivity index (χ2n) is 6.90. The fourth-order valence-corrected chi connectivity index (χ4v) is 4.79. The summed E-state index contributed by atoms with van der Waals surface area (Å²) in [6.45, 7) is 1.46. The first-order valence-corrected chi connectivity index (χ1v) is 10.1. The van der Waals surface area contributed by atoms with Crippen molar-refractivity contribution in [1.82, 2.24) is 15.1 Å². The molecule has 0 N–H and O–H groups in total. The molecule has 0 amide bonds. The third-order valence-electron chi connectivity index (χ3n) is 5.14. The van der Waals surface area contributed by atoms with Crippen molar-refractivity contribution in [2.24, 2.45) is 4.40 Å². The van der Waals surface area contributed by atoms with E-state index in [1.807, 2.05) is 12.1 Å². The summed E-state index contributed by atoms with van der Waals surface area (Å²) in [6.07, 6.45) is 4.00. The maximum atomic E-state index is 12.2. The van der Waals surface area contributed by atoms with Gasteiger partial charge in [0.05, 0.1) is 0 Å². The predicted octanol–water partition coefficient (Wildman–Crippen LogP) is 2.28. The molecule has 0 unspecified atom stereocenters. The average Bonchev–Trinajstić information content (AvgIpc) is 3.29. The van der Waals surface area contributed by atoms with Gasteiger partial charge in [-0.2, -0.15) is 8.42 Å². The number of fused-ring (bicyclic) bond motifs is 1. The topological polar surface area (TPSA) is 88.7 Å². The molecule has 0 radical (unpaired) electrons. The molecule has 1 aromatic carbocycles. The third kappa shape index (κ3) is 2.55. The molecule has 5 rings (SSSR count). The quantitative estimate of drug-likeness (QED) is 0.818. The molecule has 0 bridgehead atoms. The van der Waals surface area contributed by atoms with Gasteiger partial charge in [0, 0.05) is 30.5 Å². The van der Waals surface area contributed by atoms with Gasteiger partial charge in [0.1, 0.15) is 4.90 Å². The van der Waals surface area contributed by atoms with Gasteiger partial charge >= 0.3 is 0 Å². The highest BCUT2D eigenvalue weighted by Crippen LogP contribution is 2.40. The minimum atomic E-state index is -3.56. The lowest BCUT2D eigenvalue weighted by molar-refractivity contribution is 0.281. The second kappa shape index (κ2) is 5.39. The molecule has 130 valence electrons. The normalized spacial score (nSPS) is 22.7. The summed E-state index contributed by atoms with van der Waals surface area (Å²) in [5.74, 6) is 2.78. The smallest absolute Gasteiger partial charge is 0.285 e. The minimum Gasteiger partial charge on any atom is -0.425 e. The van der Waals surface area contributed by atoms with Crippen LogP contribution in [-0.2, 0) is 10.0 Å². The first-order valence-electron chi connectivity index (χ1n) is 8.64. The fourth-order valence-electron chi connectivity index (χ4n) is 3.56. The van der Waals surface area contributed by atoms with Crippen molar-refractivity contribution in [3.63, 3.8) is 0 Å². The molecule has 1 saturated carbocycles. The summed E-state index contributed by atoms with van der Waals surface area (Å²) in [5, 5.41) is 8.39. The molecule has 3 heterocycles. The van der Waals surface area contributed by atoms with E-state index in [1.165, 1.54) is 0 Å². The molecule has 7 nitrogen and oxygen atoms in total. The van der Waals surface area contributed by atoms with Crippen molar-refractivity contribution in [2.45, 2.75) is 42.4 Å². The number of nitrogens with zero attached hydrogens (tertiary/aromatic N) is 4. The Hall–Kier alpha value is -2.22. The van der Waals surface area contributed by atoms with Crippen molar-refractivity contribution < 1.29 is 12.8 Å². The number of piperidine rings is 1. The van der Waals surface area contributed by atoms with Crippen molar-refractivity contribution in [2.75, 3.05) is 13.1 Å². The van der Waals surface area contributed by atoms with E-state index < -0.39 is 10.0 Å². The molecule has 8 heteroatoms. The first kappa shape index (κ1) is 15.1. The number of aromatic nitrogens is 2. The number of benzene rings is 1. The van der Waals surface area contributed by atoms with Gasteiger partial charge in [-0.25, -0.2) is 0 Å². The lowest BCUT2D eigenvalue weighted by atomic mass is 9.96. The highest BCUT2D eigenvalue weighted by Gasteiger charge is 2.35. The van der Waals surface area contributed by atoms with E-state index in [4.69, 9.17) is 4.42 Å². The van der Waals surface area contributed by atoms with E-state index in [0.29, 0.717) is 22.2 Å². The SMILES string of the molecule is O=S1(=O)N=C(N2CCC(c3nnc(C4CC4)o3)CC2)c2ccccc21. The number of sulfonamides is 1. The van der Waals surface area contributed by atoms with Crippen molar-refractivity contribution in [1.29, 1.82) is 0 Å². The van der Waals surface area contributed by atoms with Crippen molar-refractivity contribution >= 4 is 15.9 Å². The zero-order valence-corrected chi connectivity index (χ0v) is 14.4. The largest absolute Gasteiger partial charge is 0.425 e. The Labute approximate surface area is 145 Å². The molecular formula is C17H18N4O3S.